The molecule has 3 aliphatic rings. The Morgan fingerprint density at radius 1 is 1.00 bits per heavy atom. The zero-order chi connectivity index (χ0) is 23.9. The van der Waals surface area contributed by atoms with Crippen LogP contribution in [0.15, 0.2) is 48.8 Å². The van der Waals surface area contributed by atoms with Crippen molar-refractivity contribution in [1.82, 2.24) is 24.7 Å². The van der Waals surface area contributed by atoms with Gasteiger partial charge in [0.25, 0.3) is 5.91 Å². The van der Waals surface area contributed by atoms with E-state index in [9.17, 15) is 13.6 Å². The van der Waals surface area contributed by atoms with Gasteiger partial charge in [0, 0.05) is 42.5 Å². The molecule has 6 nitrogen and oxygen atoms in total. The van der Waals surface area contributed by atoms with Crippen molar-refractivity contribution < 1.29 is 13.6 Å². The third-order valence-electron chi connectivity index (χ3n) is 8.18. The molecule has 3 fully saturated rings. The standard InChI is InChI=1S/C27H31F2N5O/c28-18-9-10-21(29)19(16-18)23-8-5-13-33(23)26-22(11-15-32-12-3-1-7-25(26)32)31-27(35)20-17-30-34-14-4-2-6-24(20)34/h2,4,6,9-10,14,16-17,22-23,25-26H,1,3,5,7-8,11-13,15H2,(H,31,35)/t22?,23-,25?,26?/m1/s1. The highest BCUT2D eigenvalue weighted by Crippen LogP contribution is 2.40. The summed E-state index contributed by atoms with van der Waals surface area (Å²) in [6.45, 7) is 2.81. The van der Waals surface area contributed by atoms with Crippen molar-refractivity contribution in [3.8, 4) is 0 Å². The van der Waals surface area contributed by atoms with Gasteiger partial charge in [0.15, 0.2) is 0 Å². The molecular formula is C27H31F2N5O. The third kappa shape index (κ3) is 4.12. The Kier molecular flexibility index (Phi) is 6.02. The maximum atomic E-state index is 14.9. The van der Waals surface area contributed by atoms with Crippen LogP contribution in [0.1, 0.15) is 60.5 Å². The van der Waals surface area contributed by atoms with Crippen LogP contribution in [0.25, 0.3) is 5.52 Å². The molecule has 6 rings (SSSR count). The lowest BCUT2D eigenvalue weighted by Gasteiger charge is -2.52. The molecule has 0 saturated carbocycles. The van der Waals surface area contributed by atoms with Crippen molar-refractivity contribution in [2.45, 2.75) is 62.7 Å². The molecule has 35 heavy (non-hydrogen) atoms. The smallest absolute Gasteiger partial charge is 0.255 e. The van der Waals surface area contributed by atoms with Gasteiger partial charge in [-0.1, -0.05) is 12.5 Å². The van der Waals surface area contributed by atoms with E-state index in [0.717, 1.165) is 57.3 Å². The predicted molar refractivity (Wildman–Crippen MR) is 129 cm³/mol. The molecule has 2 aromatic heterocycles. The number of nitrogens with one attached hydrogen (secondary N) is 1. The number of rotatable bonds is 4. The van der Waals surface area contributed by atoms with Crippen molar-refractivity contribution in [2.75, 3.05) is 19.6 Å². The molecule has 1 N–H and O–H groups in total. The summed E-state index contributed by atoms with van der Waals surface area (Å²) in [6, 6.07) is 9.54. The van der Waals surface area contributed by atoms with Crippen LogP contribution in [0.3, 0.4) is 0 Å². The van der Waals surface area contributed by atoms with Crippen LogP contribution < -0.4 is 5.32 Å². The molecule has 3 aromatic rings. The Morgan fingerprint density at radius 3 is 2.83 bits per heavy atom. The molecule has 0 aliphatic carbocycles. The number of carbonyl (C=O) groups excluding carboxylic acids is 1. The van der Waals surface area contributed by atoms with Gasteiger partial charge < -0.3 is 5.32 Å². The molecule has 0 spiro atoms. The summed E-state index contributed by atoms with van der Waals surface area (Å²) in [4.78, 5) is 18.4. The number of fused-ring (bicyclic) bond motifs is 2. The summed E-state index contributed by atoms with van der Waals surface area (Å²) in [5, 5.41) is 7.67. The highest BCUT2D eigenvalue weighted by atomic mass is 19.1. The lowest BCUT2D eigenvalue weighted by atomic mass is 9.83. The summed E-state index contributed by atoms with van der Waals surface area (Å²) in [6.07, 6.45) is 9.40. The number of nitrogens with zero attached hydrogens (tertiary/aromatic N) is 4. The minimum absolute atomic E-state index is 0.0463. The number of piperidine rings is 2. The minimum atomic E-state index is -0.408. The average Bonchev–Trinajstić information content (AvgIpc) is 3.53. The summed E-state index contributed by atoms with van der Waals surface area (Å²) in [5.74, 6) is -0.890. The van der Waals surface area contributed by atoms with Crippen LogP contribution >= 0.6 is 0 Å². The largest absolute Gasteiger partial charge is 0.347 e. The SMILES string of the molecule is O=C(NC1CCN2CCCCC2C1N1CCC[C@@H]1c1cc(F)ccc1F)c1cnn2ccccc12. The van der Waals surface area contributed by atoms with Crippen molar-refractivity contribution in [3.63, 3.8) is 0 Å². The fraction of sp³-hybridized carbons (Fsp3) is 0.481. The normalized spacial score (nSPS) is 27.7. The molecule has 3 saturated heterocycles. The highest BCUT2D eigenvalue weighted by Gasteiger charge is 2.46. The van der Waals surface area contributed by atoms with Crippen molar-refractivity contribution >= 4 is 11.4 Å². The Balaban J connectivity index is 1.33. The summed E-state index contributed by atoms with van der Waals surface area (Å²) in [5.41, 5.74) is 1.77. The molecule has 4 atom stereocenters. The van der Waals surface area contributed by atoms with E-state index in [1.54, 1.807) is 10.7 Å². The number of hydrogen-bond acceptors (Lipinski definition) is 4. The van der Waals surface area contributed by atoms with Gasteiger partial charge in [0.05, 0.1) is 17.3 Å². The zero-order valence-corrected chi connectivity index (χ0v) is 19.7. The first kappa shape index (κ1) is 22.6. The van der Waals surface area contributed by atoms with Crippen LogP contribution in [0, 0.1) is 11.6 Å². The first-order valence-corrected chi connectivity index (χ1v) is 12.8. The van der Waals surface area contributed by atoms with Gasteiger partial charge in [-0.2, -0.15) is 5.10 Å². The second-order valence-corrected chi connectivity index (χ2v) is 10.1. The topological polar surface area (TPSA) is 52.9 Å². The number of benzene rings is 1. The molecular weight excluding hydrogens is 448 g/mol. The second-order valence-electron chi connectivity index (χ2n) is 10.1. The Labute approximate surface area is 203 Å². The van der Waals surface area contributed by atoms with Gasteiger partial charge >= 0.3 is 0 Å². The van der Waals surface area contributed by atoms with Crippen molar-refractivity contribution in [3.05, 3.63) is 71.6 Å². The molecule has 5 heterocycles. The predicted octanol–water partition coefficient (Wildman–Crippen LogP) is 4.17. The van der Waals surface area contributed by atoms with E-state index in [4.69, 9.17) is 0 Å². The number of aromatic nitrogens is 2. The van der Waals surface area contributed by atoms with Gasteiger partial charge in [-0.05, 0) is 75.5 Å². The number of hydrogen-bond donors (Lipinski definition) is 1. The van der Waals surface area contributed by atoms with E-state index in [2.05, 4.69) is 20.2 Å². The van der Waals surface area contributed by atoms with Crippen LogP contribution in [0.4, 0.5) is 8.78 Å². The average molecular weight is 480 g/mol. The fourth-order valence-electron chi connectivity index (χ4n) is 6.64. The molecule has 184 valence electrons. The molecule has 3 unspecified atom stereocenters. The monoisotopic (exact) mass is 479 g/mol. The van der Waals surface area contributed by atoms with Gasteiger partial charge in [0.1, 0.15) is 11.6 Å². The van der Waals surface area contributed by atoms with Crippen LogP contribution in [-0.2, 0) is 0 Å². The Hall–Kier alpha value is -2.84. The maximum absolute atomic E-state index is 14.9. The van der Waals surface area contributed by atoms with E-state index in [1.165, 1.54) is 24.6 Å². The van der Waals surface area contributed by atoms with Gasteiger partial charge in [0.2, 0.25) is 0 Å². The van der Waals surface area contributed by atoms with Crippen LogP contribution in [-0.4, -0.2) is 63.1 Å². The summed E-state index contributed by atoms with van der Waals surface area (Å²) < 4.78 is 30.7. The Bertz CT molecular complexity index is 1230. The number of amides is 1. The second kappa shape index (κ2) is 9.32. The fourth-order valence-corrected chi connectivity index (χ4v) is 6.64. The molecule has 0 radical (unpaired) electrons. The number of halogens is 2. The first-order chi connectivity index (χ1) is 17.1. The van der Waals surface area contributed by atoms with Crippen LogP contribution in [0.2, 0.25) is 0 Å². The molecule has 1 aromatic carbocycles. The number of carbonyl (C=O) groups is 1. The third-order valence-corrected chi connectivity index (χ3v) is 8.18. The minimum Gasteiger partial charge on any atom is -0.347 e. The van der Waals surface area contributed by atoms with Crippen molar-refractivity contribution in [2.24, 2.45) is 0 Å². The van der Waals surface area contributed by atoms with Crippen LogP contribution in [0.5, 0.6) is 0 Å². The van der Waals surface area contributed by atoms with Gasteiger partial charge in [-0.15, -0.1) is 0 Å². The number of likely N-dealkylation sites (tertiary alicyclic amines) is 1. The lowest BCUT2D eigenvalue weighted by Crippen LogP contribution is -2.66. The number of pyridine rings is 1. The first-order valence-electron chi connectivity index (χ1n) is 12.8. The van der Waals surface area contributed by atoms with E-state index in [-0.39, 0.29) is 29.8 Å². The van der Waals surface area contributed by atoms with Gasteiger partial charge in [-0.25, -0.2) is 13.3 Å². The lowest BCUT2D eigenvalue weighted by molar-refractivity contribution is -0.00858. The van der Waals surface area contributed by atoms with E-state index in [0.29, 0.717) is 17.2 Å². The summed E-state index contributed by atoms with van der Waals surface area (Å²) >= 11 is 0. The van der Waals surface area contributed by atoms with Crippen molar-refractivity contribution in [1.29, 1.82) is 0 Å². The highest BCUT2D eigenvalue weighted by molar-refractivity contribution is 6.00. The summed E-state index contributed by atoms with van der Waals surface area (Å²) in [7, 11) is 0. The van der Waals surface area contributed by atoms with E-state index in [1.807, 2.05) is 24.4 Å². The Morgan fingerprint density at radius 2 is 1.91 bits per heavy atom. The van der Waals surface area contributed by atoms with Gasteiger partial charge in [-0.3, -0.25) is 14.6 Å². The zero-order valence-electron chi connectivity index (χ0n) is 19.7. The molecule has 0 bridgehead atoms. The molecule has 3 aliphatic heterocycles. The van der Waals surface area contributed by atoms with E-state index >= 15 is 0 Å². The van der Waals surface area contributed by atoms with E-state index < -0.39 is 5.82 Å². The molecule has 8 heteroatoms. The molecule has 1 amide bonds. The quantitative estimate of drug-likeness (QED) is 0.610. The maximum Gasteiger partial charge on any atom is 0.255 e.